The van der Waals surface area contributed by atoms with Crippen LogP contribution in [0.1, 0.15) is 45.1 Å². The number of rotatable bonds is 8. The molecule has 1 aromatic heterocycles. The molecule has 0 bridgehead atoms. The van der Waals surface area contributed by atoms with E-state index in [4.69, 9.17) is 5.73 Å². The summed E-state index contributed by atoms with van der Waals surface area (Å²) < 4.78 is 14.5. The zero-order valence-corrected chi connectivity index (χ0v) is 19.5. The lowest BCUT2D eigenvalue weighted by molar-refractivity contribution is -0.113. The number of hydrogen-bond donors (Lipinski definition) is 3. The summed E-state index contributed by atoms with van der Waals surface area (Å²) in [5.74, 6) is -0.380. The Morgan fingerprint density at radius 2 is 2.16 bits per heavy atom. The summed E-state index contributed by atoms with van der Waals surface area (Å²) >= 11 is 1.23. The fourth-order valence-corrected chi connectivity index (χ4v) is 4.14. The molecular weight excluding hydrogens is 425 g/mol. The summed E-state index contributed by atoms with van der Waals surface area (Å²) in [5.41, 5.74) is 7.84. The molecule has 1 aliphatic carbocycles. The Labute approximate surface area is 193 Å². The van der Waals surface area contributed by atoms with E-state index in [-0.39, 0.29) is 12.4 Å². The minimum absolute atomic E-state index is 0.161. The van der Waals surface area contributed by atoms with Crippen molar-refractivity contribution in [1.82, 2.24) is 10.3 Å². The van der Waals surface area contributed by atoms with Crippen LogP contribution < -0.4 is 11.1 Å². The first kappa shape index (κ1) is 25.8. The molecule has 2 aromatic rings. The molecule has 32 heavy (non-hydrogen) atoms. The van der Waals surface area contributed by atoms with Crippen molar-refractivity contribution in [3.8, 4) is 0 Å². The molecule has 0 saturated carbocycles. The van der Waals surface area contributed by atoms with Gasteiger partial charge >= 0.3 is 0 Å². The SMILES string of the molecule is CC.NC(=O)/C(=C/c1ccc2ncccc2c1)SCNC(CO)/C1=C(\F)CCC/C=C\C1. The van der Waals surface area contributed by atoms with Gasteiger partial charge in [-0.3, -0.25) is 15.1 Å². The molecular formula is C25H32FN3O2S. The Hall–Kier alpha value is -2.48. The van der Waals surface area contributed by atoms with Gasteiger partial charge < -0.3 is 10.8 Å². The van der Waals surface area contributed by atoms with Crippen molar-refractivity contribution in [1.29, 1.82) is 0 Å². The van der Waals surface area contributed by atoms with Gasteiger partial charge in [0.25, 0.3) is 5.91 Å². The Kier molecular flexibility index (Phi) is 11.1. The van der Waals surface area contributed by atoms with E-state index < -0.39 is 11.9 Å². The molecule has 0 saturated heterocycles. The normalized spacial score (nSPS) is 18.8. The van der Waals surface area contributed by atoms with E-state index in [2.05, 4.69) is 10.3 Å². The van der Waals surface area contributed by atoms with Gasteiger partial charge in [-0.25, -0.2) is 4.39 Å². The van der Waals surface area contributed by atoms with Gasteiger partial charge in [0.05, 0.1) is 23.1 Å². The van der Waals surface area contributed by atoms with Crippen LogP contribution in [0, 0.1) is 0 Å². The van der Waals surface area contributed by atoms with Crippen LogP contribution in [-0.4, -0.2) is 34.5 Å². The van der Waals surface area contributed by atoms with E-state index in [1.807, 2.05) is 56.3 Å². The van der Waals surface area contributed by atoms with E-state index in [9.17, 15) is 14.3 Å². The first-order chi connectivity index (χ1) is 15.6. The average molecular weight is 458 g/mol. The van der Waals surface area contributed by atoms with Crippen molar-refractivity contribution in [2.24, 2.45) is 5.73 Å². The molecule has 7 heteroatoms. The molecule has 0 aliphatic heterocycles. The maximum absolute atomic E-state index is 14.5. The summed E-state index contributed by atoms with van der Waals surface area (Å²) in [7, 11) is 0. The Morgan fingerprint density at radius 3 is 2.91 bits per heavy atom. The number of carbonyl (C=O) groups is 1. The van der Waals surface area contributed by atoms with Crippen molar-refractivity contribution in [3.63, 3.8) is 0 Å². The highest BCUT2D eigenvalue weighted by molar-refractivity contribution is 8.04. The second-order valence-electron chi connectivity index (χ2n) is 7.05. The maximum atomic E-state index is 14.5. The summed E-state index contributed by atoms with van der Waals surface area (Å²) in [6.45, 7) is 3.78. The number of hydrogen-bond acceptors (Lipinski definition) is 5. The Balaban J connectivity index is 0.00000176. The Bertz CT molecular complexity index is 988. The molecule has 1 heterocycles. The zero-order valence-electron chi connectivity index (χ0n) is 18.7. The van der Waals surface area contributed by atoms with Crippen LogP contribution >= 0.6 is 11.8 Å². The van der Waals surface area contributed by atoms with Gasteiger partial charge in [-0.2, -0.15) is 0 Å². The summed E-state index contributed by atoms with van der Waals surface area (Å²) in [6, 6.07) is 9.02. The Morgan fingerprint density at radius 1 is 1.34 bits per heavy atom. The number of aromatic nitrogens is 1. The second-order valence-corrected chi connectivity index (χ2v) is 8.07. The van der Waals surface area contributed by atoms with Crippen LogP contribution in [0.2, 0.25) is 0 Å². The van der Waals surface area contributed by atoms with Crippen molar-refractivity contribution in [3.05, 3.63) is 70.5 Å². The first-order valence-corrected chi connectivity index (χ1v) is 11.9. The molecule has 3 rings (SSSR count). The molecule has 1 atom stereocenters. The number of carbonyl (C=O) groups excluding carboxylic acids is 1. The quantitative estimate of drug-likeness (QED) is 0.292. The molecule has 5 nitrogen and oxygen atoms in total. The van der Waals surface area contributed by atoms with E-state index in [1.165, 1.54) is 11.8 Å². The largest absolute Gasteiger partial charge is 0.394 e. The third-order valence-corrected chi connectivity index (χ3v) is 5.89. The summed E-state index contributed by atoms with van der Waals surface area (Å²) in [6.07, 6.45) is 9.92. The summed E-state index contributed by atoms with van der Waals surface area (Å²) in [5, 5.41) is 13.9. The van der Waals surface area contributed by atoms with Gasteiger partial charge in [0, 0.05) is 17.5 Å². The molecule has 0 spiro atoms. The van der Waals surface area contributed by atoms with Gasteiger partial charge in [-0.1, -0.05) is 38.1 Å². The zero-order chi connectivity index (χ0) is 23.3. The molecule has 172 valence electrons. The third kappa shape index (κ3) is 7.58. The molecule has 1 aliphatic rings. The number of benzene rings is 1. The van der Waals surface area contributed by atoms with Gasteiger partial charge in [-0.15, -0.1) is 11.8 Å². The van der Waals surface area contributed by atoms with Crippen LogP contribution in [0.4, 0.5) is 4.39 Å². The minimum Gasteiger partial charge on any atom is -0.394 e. The standard InChI is InChI=1S/C23H26FN3O2S.C2H6/c24-19-8-4-2-1-3-7-18(19)21(14-28)27-15-30-22(23(25)29)13-16-9-10-20-17(12-16)6-5-11-26-20;1-2/h1,3,5-6,9-13,21,27-28H,2,4,7-8,14-15H2,(H2,25,29);1-2H3/b3-1-,19-18-,22-13-;. The average Bonchev–Trinajstić information content (AvgIpc) is 2.80. The topological polar surface area (TPSA) is 88.2 Å². The number of halogens is 1. The van der Waals surface area contributed by atoms with Gasteiger partial charge in [0.2, 0.25) is 0 Å². The number of primary amides is 1. The van der Waals surface area contributed by atoms with Crippen LogP contribution in [0.15, 0.2) is 65.0 Å². The van der Waals surface area contributed by atoms with E-state index >= 15 is 0 Å². The molecule has 1 unspecified atom stereocenters. The predicted molar refractivity (Wildman–Crippen MR) is 132 cm³/mol. The lowest BCUT2D eigenvalue weighted by atomic mass is 9.98. The summed E-state index contributed by atoms with van der Waals surface area (Å²) in [4.78, 5) is 16.6. The number of nitrogens with two attached hydrogens (primary N) is 1. The number of aliphatic hydroxyl groups excluding tert-OH is 1. The number of nitrogens with zero attached hydrogens (tertiary/aromatic N) is 1. The monoisotopic (exact) mass is 457 g/mol. The van der Waals surface area contributed by atoms with Crippen molar-refractivity contribution < 1.29 is 14.3 Å². The molecule has 0 fully saturated rings. The number of nitrogens with one attached hydrogen (secondary N) is 1. The maximum Gasteiger partial charge on any atom is 0.255 e. The van der Waals surface area contributed by atoms with E-state index in [1.54, 1.807) is 12.3 Å². The number of thioether (sulfide) groups is 1. The number of aliphatic hydroxyl groups is 1. The molecule has 1 amide bonds. The van der Waals surface area contributed by atoms with E-state index in [0.717, 1.165) is 29.3 Å². The number of allylic oxidation sites excluding steroid dienone is 3. The second kappa shape index (κ2) is 13.8. The highest BCUT2D eigenvalue weighted by Gasteiger charge is 2.18. The van der Waals surface area contributed by atoms with Gasteiger partial charge in [0.15, 0.2) is 0 Å². The fourth-order valence-electron chi connectivity index (χ4n) is 3.34. The lowest BCUT2D eigenvalue weighted by Gasteiger charge is -2.21. The van der Waals surface area contributed by atoms with Crippen LogP contribution in [0.25, 0.3) is 17.0 Å². The molecule has 1 aromatic carbocycles. The van der Waals surface area contributed by atoms with Gasteiger partial charge in [-0.05, 0) is 61.1 Å². The first-order valence-electron chi connectivity index (χ1n) is 10.9. The van der Waals surface area contributed by atoms with Gasteiger partial charge in [0.1, 0.15) is 5.83 Å². The number of fused-ring (bicyclic) bond motifs is 1. The van der Waals surface area contributed by atoms with Crippen molar-refractivity contribution in [2.75, 3.05) is 12.5 Å². The number of amides is 1. The number of pyridine rings is 1. The fraction of sp³-hybridized carbons (Fsp3) is 0.360. The highest BCUT2D eigenvalue weighted by atomic mass is 32.2. The lowest BCUT2D eigenvalue weighted by Crippen LogP contribution is -2.35. The van der Waals surface area contributed by atoms with Crippen LogP contribution in [-0.2, 0) is 4.79 Å². The highest BCUT2D eigenvalue weighted by Crippen LogP contribution is 2.25. The smallest absolute Gasteiger partial charge is 0.255 e. The van der Waals surface area contributed by atoms with Crippen LogP contribution in [0.3, 0.4) is 0 Å². The van der Waals surface area contributed by atoms with E-state index in [0.29, 0.717) is 29.2 Å². The molecule has 0 radical (unpaired) electrons. The minimum atomic E-state index is -0.534. The molecule has 4 N–H and O–H groups in total. The third-order valence-electron chi connectivity index (χ3n) is 4.95. The predicted octanol–water partition coefficient (Wildman–Crippen LogP) is 5.08. The van der Waals surface area contributed by atoms with Crippen LogP contribution in [0.5, 0.6) is 0 Å². The van der Waals surface area contributed by atoms with Crippen molar-refractivity contribution in [2.45, 2.75) is 45.6 Å². The van der Waals surface area contributed by atoms with Crippen molar-refractivity contribution >= 4 is 34.6 Å².